The molecule has 0 aromatic heterocycles. The second-order valence-electron chi connectivity index (χ2n) is 4.19. The van der Waals surface area contributed by atoms with Gasteiger partial charge in [-0.15, -0.1) is 0 Å². The number of anilines is 1. The van der Waals surface area contributed by atoms with E-state index in [4.69, 9.17) is 10.5 Å². The van der Waals surface area contributed by atoms with Crippen molar-refractivity contribution in [2.45, 2.75) is 20.5 Å². The quantitative estimate of drug-likeness (QED) is 0.815. The van der Waals surface area contributed by atoms with E-state index in [1.165, 1.54) is 0 Å². The third kappa shape index (κ3) is 2.59. The summed E-state index contributed by atoms with van der Waals surface area (Å²) in [6.45, 7) is 4.57. The van der Waals surface area contributed by atoms with Crippen LogP contribution in [0.1, 0.15) is 16.7 Å². The lowest BCUT2D eigenvalue weighted by Crippen LogP contribution is -2.00. The first-order valence-electron chi connectivity index (χ1n) is 5.71. The van der Waals surface area contributed by atoms with Crippen LogP contribution in [0.5, 0.6) is 5.75 Å². The normalized spacial score (nSPS) is 10.2. The molecule has 2 N–H and O–H groups in total. The van der Waals surface area contributed by atoms with Gasteiger partial charge >= 0.3 is 0 Å². The Kier molecular flexibility index (Phi) is 3.33. The fourth-order valence-corrected chi connectivity index (χ4v) is 1.74. The van der Waals surface area contributed by atoms with E-state index >= 15 is 0 Å². The molecule has 0 atom stereocenters. The first kappa shape index (κ1) is 11.5. The van der Waals surface area contributed by atoms with Gasteiger partial charge in [0.1, 0.15) is 12.4 Å². The van der Waals surface area contributed by atoms with Gasteiger partial charge in [-0.25, -0.2) is 0 Å². The maximum absolute atomic E-state index is 5.97. The molecule has 0 saturated carbocycles. The van der Waals surface area contributed by atoms with Crippen molar-refractivity contribution in [2.75, 3.05) is 5.73 Å². The second kappa shape index (κ2) is 4.91. The van der Waals surface area contributed by atoms with Crippen molar-refractivity contribution in [3.63, 3.8) is 0 Å². The van der Waals surface area contributed by atoms with E-state index in [0.29, 0.717) is 6.61 Å². The summed E-state index contributed by atoms with van der Waals surface area (Å²) in [6.07, 6.45) is 0. The Balaban J connectivity index is 2.13. The molecular weight excluding hydrogens is 210 g/mol. The van der Waals surface area contributed by atoms with Crippen molar-refractivity contribution in [1.82, 2.24) is 0 Å². The molecule has 0 unspecified atom stereocenters. The lowest BCUT2D eigenvalue weighted by Gasteiger charge is -2.12. The number of ether oxygens (including phenoxy) is 1. The molecule has 2 nitrogen and oxygen atoms in total. The Hall–Kier alpha value is -1.96. The van der Waals surface area contributed by atoms with Crippen molar-refractivity contribution < 1.29 is 4.74 Å². The second-order valence-corrected chi connectivity index (χ2v) is 4.19. The molecule has 88 valence electrons. The van der Waals surface area contributed by atoms with Gasteiger partial charge in [-0.2, -0.15) is 0 Å². The van der Waals surface area contributed by atoms with Crippen LogP contribution < -0.4 is 10.5 Å². The van der Waals surface area contributed by atoms with Gasteiger partial charge in [-0.3, -0.25) is 0 Å². The average Bonchev–Trinajstić information content (AvgIpc) is 2.36. The minimum absolute atomic E-state index is 0.574. The Labute approximate surface area is 102 Å². The van der Waals surface area contributed by atoms with Crippen molar-refractivity contribution in [2.24, 2.45) is 0 Å². The summed E-state index contributed by atoms with van der Waals surface area (Å²) in [6, 6.07) is 14.1. The van der Waals surface area contributed by atoms with Crippen molar-refractivity contribution in [3.8, 4) is 5.75 Å². The summed E-state index contributed by atoms with van der Waals surface area (Å²) >= 11 is 0. The molecule has 0 saturated heterocycles. The van der Waals surface area contributed by atoms with Crippen LogP contribution >= 0.6 is 0 Å². The maximum Gasteiger partial charge on any atom is 0.124 e. The summed E-state index contributed by atoms with van der Waals surface area (Å²) in [4.78, 5) is 0. The highest BCUT2D eigenvalue weighted by atomic mass is 16.5. The lowest BCUT2D eigenvalue weighted by molar-refractivity contribution is 0.304. The predicted octanol–water partition coefficient (Wildman–Crippen LogP) is 3.46. The zero-order valence-electron chi connectivity index (χ0n) is 10.2. The van der Waals surface area contributed by atoms with E-state index < -0.39 is 0 Å². The average molecular weight is 227 g/mol. The summed E-state index contributed by atoms with van der Waals surface area (Å²) in [5, 5.41) is 0. The SMILES string of the molecule is Cc1ccc(OCc2ccccc2)c(C)c1N. The summed E-state index contributed by atoms with van der Waals surface area (Å²) in [7, 11) is 0. The molecule has 0 bridgehead atoms. The van der Waals surface area contributed by atoms with Crippen molar-refractivity contribution >= 4 is 5.69 Å². The number of aryl methyl sites for hydroxylation is 1. The van der Waals surface area contributed by atoms with Gasteiger partial charge in [0.05, 0.1) is 0 Å². The first-order chi connectivity index (χ1) is 8.18. The van der Waals surface area contributed by atoms with Crippen molar-refractivity contribution in [1.29, 1.82) is 0 Å². The minimum atomic E-state index is 0.574. The van der Waals surface area contributed by atoms with Crippen LogP contribution in [-0.4, -0.2) is 0 Å². The van der Waals surface area contributed by atoms with Gasteiger partial charge in [0.25, 0.3) is 0 Å². The zero-order chi connectivity index (χ0) is 12.3. The molecule has 0 spiro atoms. The summed E-state index contributed by atoms with van der Waals surface area (Å²) in [5.74, 6) is 0.858. The van der Waals surface area contributed by atoms with Gasteiger partial charge in [0.15, 0.2) is 0 Å². The third-order valence-electron chi connectivity index (χ3n) is 2.92. The molecule has 2 aromatic carbocycles. The van der Waals surface area contributed by atoms with Gasteiger partial charge in [0.2, 0.25) is 0 Å². The number of nitrogens with two attached hydrogens (primary N) is 1. The standard InChI is InChI=1S/C15H17NO/c1-11-8-9-14(12(2)15(11)16)17-10-13-6-4-3-5-7-13/h3-9H,10,16H2,1-2H3. The lowest BCUT2D eigenvalue weighted by atomic mass is 10.1. The van der Waals surface area contributed by atoms with Gasteiger partial charge in [-0.05, 0) is 31.0 Å². The Morgan fingerprint density at radius 3 is 2.41 bits per heavy atom. The molecular formula is C15H17NO. The van der Waals surface area contributed by atoms with Gasteiger partial charge in [0, 0.05) is 11.3 Å². The highest BCUT2D eigenvalue weighted by Crippen LogP contribution is 2.26. The Morgan fingerprint density at radius 1 is 1.00 bits per heavy atom. The topological polar surface area (TPSA) is 35.2 Å². The van der Waals surface area contributed by atoms with Gasteiger partial charge in [-0.1, -0.05) is 36.4 Å². The monoisotopic (exact) mass is 227 g/mol. The smallest absolute Gasteiger partial charge is 0.124 e. The number of hydrogen-bond donors (Lipinski definition) is 1. The van der Waals surface area contributed by atoms with E-state index in [0.717, 1.165) is 28.1 Å². The Morgan fingerprint density at radius 2 is 1.71 bits per heavy atom. The highest BCUT2D eigenvalue weighted by molar-refractivity contribution is 5.58. The van der Waals surface area contributed by atoms with Crippen LogP contribution in [0.15, 0.2) is 42.5 Å². The molecule has 17 heavy (non-hydrogen) atoms. The van der Waals surface area contributed by atoms with Gasteiger partial charge < -0.3 is 10.5 Å². The van der Waals surface area contributed by atoms with E-state index in [9.17, 15) is 0 Å². The molecule has 2 heteroatoms. The summed E-state index contributed by atoms with van der Waals surface area (Å²) in [5.41, 5.74) is 10.1. The molecule has 0 fully saturated rings. The van der Waals surface area contributed by atoms with E-state index in [-0.39, 0.29) is 0 Å². The molecule has 0 radical (unpaired) electrons. The number of benzene rings is 2. The fraction of sp³-hybridized carbons (Fsp3) is 0.200. The van der Waals surface area contributed by atoms with Crippen LogP contribution in [0.4, 0.5) is 5.69 Å². The fourth-order valence-electron chi connectivity index (χ4n) is 1.74. The minimum Gasteiger partial charge on any atom is -0.489 e. The highest BCUT2D eigenvalue weighted by Gasteiger charge is 2.05. The number of rotatable bonds is 3. The molecule has 2 rings (SSSR count). The van der Waals surface area contributed by atoms with E-state index in [1.807, 2.05) is 56.3 Å². The van der Waals surface area contributed by atoms with Crippen LogP contribution in [-0.2, 0) is 6.61 Å². The van der Waals surface area contributed by atoms with E-state index in [1.54, 1.807) is 0 Å². The van der Waals surface area contributed by atoms with Crippen LogP contribution in [0.2, 0.25) is 0 Å². The first-order valence-corrected chi connectivity index (χ1v) is 5.71. The molecule has 0 aliphatic carbocycles. The zero-order valence-corrected chi connectivity index (χ0v) is 10.2. The number of nitrogen functional groups attached to an aromatic ring is 1. The number of hydrogen-bond acceptors (Lipinski definition) is 2. The summed E-state index contributed by atoms with van der Waals surface area (Å²) < 4.78 is 5.78. The van der Waals surface area contributed by atoms with Crippen LogP contribution in [0, 0.1) is 13.8 Å². The van der Waals surface area contributed by atoms with Crippen LogP contribution in [0.3, 0.4) is 0 Å². The largest absolute Gasteiger partial charge is 0.489 e. The molecule has 0 aliphatic rings. The third-order valence-corrected chi connectivity index (χ3v) is 2.92. The van der Waals surface area contributed by atoms with Crippen molar-refractivity contribution in [3.05, 3.63) is 59.2 Å². The Bertz CT molecular complexity index is 506. The molecule has 2 aromatic rings. The molecule has 0 amide bonds. The van der Waals surface area contributed by atoms with Crippen LogP contribution in [0.25, 0.3) is 0 Å². The molecule has 0 aliphatic heterocycles. The predicted molar refractivity (Wildman–Crippen MR) is 71.1 cm³/mol. The molecule has 0 heterocycles. The maximum atomic E-state index is 5.97. The van der Waals surface area contributed by atoms with E-state index in [2.05, 4.69) is 0 Å².